The Labute approximate surface area is 347 Å². The number of aryl methyl sites for hydroxylation is 2. The molecule has 1 atom stereocenters. The fourth-order valence-corrected chi connectivity index (χ4v) is 8.59. The average Bonchev–Trinajstić information content (AvgIpc) is 3.64. The zero-order valence-corrected chi connectivity index (χ0v) is 34.3. The number of pyridine rings is 1. The van der Waals surface area contributed by atoms with Gasteiger partial charge in [-0.3, -0.25) is 43.8 Å². The molecule has 0 aliphatic carbocycles. The number of rotatable bonds is 16. The van der Waals surface area contributed by atoms with E-state index in [0.29, 0.717) is 35.8 Å². The van der Waals surface area contributed by atoms with E-state index in [0.717, 1.165) is 71.8 Å². The van der Waals surface area contributed by atoms with E-state index in [1.165, 1.54) is 0 Å². The third-order valence-electron chi connectivity index (χ3n) is 11.8. The Kier molecular flexibility index (Phi) is 12.9. The maximum absolute atomic E-state index is 13.6. The molecule has 0 saturated carbocycles. The second kappa shape index (κ2) is 18.4. The van der Waals surface area contributed by atoms with Crippen molar-refractivity contribution in [3.8, 4) is 0 Å². The predicted octanol–water partition coefficient (Wildman–Crippen LogP) is 2.93. The van der Waals surface area contributed by atoms with Gasteiger partial charge < -0.3 is 35.1 Å². The Hall–Kier alpha value is -6.13. The Morgan fingerprint density at radius 3 is 2.43 bits per heavy atom. The van der Waals surface area contributed by atoms with Gasteiger partial charge in [0.1, 0.15) is 6.04 Å². The van der Waals surface area contributed by atoms with Crippen molar-refractivity contribution >= 4 is 52.0 Å². The number of hydrogen-bond donors (Lipinski definition) is 5. The number of carbonyl (C=O) groups excluding carboxylic acids is 6. The molecular weight excluding hydrogens is 769 g/mol. The number of nitrogens with zero attached hydrogens (tertiary/aromatic N) is 3. The third-order valence-corrected chi connectivity index (χ3v) is 11.8. The van der Waals surface area contributed by atoms with Crippen molar-refractivity contribution in [2.45, 2.75) is 72.0 Å². The largest absolute Gasteiger partial charge is 0.382 e. The Morgan fingerprint density at radius 1 is 0.883 bits per heavy atom. The molecule has 2 fully saturated rings. The number of hydrogen-bond acceptors (Lipinski definition) is 10. The lowest BCUT2D eigenvalue weighted by atomic mass is 9.96. The molecule has 316 valence electrons. The van der Waals surface area contributed by atoms with E-state index in [9.17, 15) is 33.6 Å². The lowest BCUT2D eigenvalue weighted by Gasteiger charge is -2.32. The highest BCUT2D eigenvalue weighted by Gasteiger charge is 2.45. The first-order chi connectivity index (χ1) is 28.9. The molecule has 2 aromatic carbocycles. The number of amides is 6. The molecule has 16 nitrogen and oxygen atoms in total. The van der Waals surface area contributed by atoms with Gasteiger partial charge in [0.2, 0.25) is 17.7 Å². The summed E-state index contributed by atoms with van der Waals surface area (Å²) in [6.07, 6.45) is 2.32. The smallest absolute Gasteiger partial charge is 0.264 e. The SMILES string of the molecule is Cc1cc(C)c(CNC(=O)c2c(C)n(CC3CCN(CCNC(=O)CCOCCNc4cccc5c4C(=O)N(C4CCC(=O)NC4=O)C5=O)CC3)c3ccccc23)c(=O)[nH]1. The van der Waals surface area contributed by atoms with Gasteiger partial charge in [-0.05, 0) is 88.9 Å². The van der Waals surface area contributed by atoms with Crippen LogP contribution in [0.5, 0.6) is 0 Å². The van der Waals surface area contributed by atoms with Crippen LogP contribution in [0, 0.1) is 26.7 Å². The average molecular weight is 821 g/mol. The first-order valence-corrected chi connectivity index (χ1v) is 20.6. The number of H-pyrrole nitrogens is 1. The van der Waals surface area contributed by atoms with Gasteiger partial charge in [-0.15, -0.1) is 0 Å². The maximum Gasteiger partial charge on any atom is 0.264 e. The number of benzene rings is 2. The van der Waals surface area contributed by atoms with Crippen molar-refractivity contribution in [1.29, 1.82) is 0 Å². The molecule has 2 aromatic heterocycles. The van der Waals surface area contributed by atoms with Gasteiger partial charge in [-0.25, -0.2) is 0 Å². The molecule has 0 spiro atoms. The van der Waals surface area contributed by atoms with Crippen LogP contribution in [-0.4, -0.2) is 107 Å². The number of para-hydroxylation sites is 1. The summed E-state index contributed by atoms with van der Waals surface area (Å²) in [6.45, 7) is 10.5. The first kappa shape index (κ1) is 42.0. The predicted molar refractivity (Wildman–Crippen MR) is 224 cm³/mol. The topological polar surface area (TPSA) is 204 Å². The van der Waals surface area contributed by atoms with Gasteiger partial charge in [0.05, 0.1) is 29.9 Å². The maximum atomic E-state index is 13.6. The molecule has 5 N–H and O–H groups in total. The number of aromatic amines is 1. The van der Waals surface area contributed by atoms with Crippen LogP contribution in [0.25, 0.3) is 10.9 Å². The Morgan fingerprint density at radius 2 is 1.67 bits per heavy atom. The van der Waals surface area contributed by atoms with Crippen LogP contribution in [0.15, 0.2) is 53.3 Å². The normalized spacial score (nSPS) is 17.2. The number of piperidine rings is 2. The van der Waals surface area contributed by atoms with E-state index >= 15 is 0 Å². The number of nitrogens with one attached hydrogen (secondary N) is 5. The van der Waals surface area contributed by atoms with Crippen molar-refractivity contribution in [3.63, 3.8) is 0 Å². The molecular formula is C44H52N8O8. The summed E-state index contributed by atoms with van der Waals surface area (Å²) in [5, 5.41) is 12.2. The minimum atomic E-state index is -1.04. The van der Waals surface area contributed by atoms with Gasteiger partial charge in [-0.1, -0.05) is 24.3 Å². The van der Waals surface area contributed by atoms with E-state index in [4.69, 9.17) is 4.74 Å². The van der Waals surface area contributed by atoms with Crippen LogP contribution in [0.2, 0.25) is 0 Å². The number of fused-ring (bicyclic) bond motifs is 2. The summed E-state index contributed by atoms with van der Waals surface area (Å²) in [6, 6.07) is 13.7. The summed E-state index contributed by atoms with van der Waals surface area (Å²) in [5.74, 6) is -2.11. The van der Waals surface area contributed by atoms with E-state index in [1.54, 1.807) is 18.2 Å². The van der Waals surface area contributed by atoms with Gasteiger partial charge >= 0.3 is 0 Å². The van der Waals surface area contributed by atoms with Gasteiger partial charge in [-0.2, -0.15) is 0 Å². The lowest BCUT2D eigenvalue weighted by molar-refractivity contribution is -0.136. The number of likely N-dealkylation sites (tertiary alicyclic amines) is 1. The van der Waals surface area contributed by atoms with Crippen LogP contribution >= 0.6 is 0 Å². The molecule has 6 amide bonds. The molecule has 0 radical (unpaired) electrons. The molecule has 16 heteroatoms. The van der Waals surface area contributed by atoms with E-state index < -0.39 is 29.7 Å². The summed E-state index contributed by atoms with van der Waals surface area (Å²) < 4.78 is 7.92. The highest BCUT2D eigenvalue weighted by atomic mass is 16.5. The quantitative estimate of drug-likeness (QED) is 0.0826. The summed E-state index contributed by atoms with van der Waals surface area (Å²) in [4.78, 5) is 95.1. The van der Waals surface area contributed by atoms with Crippen LogP contribution in [0.3, 0.4) is 0 Å². The van der Waals surface area contributed by atoms with Crippen LogP contribution < -0.4 is 26.8 Å². The first-order valence-electron chi connectivity index (χ1n) is 20.6. The molecule has 4 aromatic rings. The Balaban J connectivity index is 0.803. The standard InChI is InChI=1S/C44H52N8O8/c1-26-23-27(2)48-40(55)32(26)24-47-42(57)38-28(3)51(34-10-5-4-7-30(34)38)25-29-13-18-50(19-14-29)20-16-46-36(53)15-21-60-22-17-45-33-9-6-8-31-39(33)44(59)52(43(31)58)35-11-12-37(54)49-41(35)56/h4-10,23,29,35,45H,11-22,24-25H2,1-3H3,(H,46,53)(H,47,57)(H,48,55)(H,49,54,56). The van der Waals surface area contributed by atoms with Crippen LogP contribution in [0.1, 0.15) is 85.7 Å². The zero-order valence-electron chi connectivity index (χ0n) is 34.3. The molecule has 1 unspecified atom stereocenters. The molecule has 2 saturated heterocycles. The highest BCUT2D eigenvalue weighted by molar-refractivity contribution is 6.25. The van der Waals surface area contributed by atoms with Crippen molar-refractivity contribution in [2.75, 3.05) is 51.3 Å². The van der Waals surface area contributed by atoms with Crippen LogP contribution in [0.4, 0.5) is 5.69 Å². The monoisotopic (exact) mass is 820 g/mol. The molecule has 60 heavy (non-hydrogen) atoms. The zero-order chi connectivity index (χ0) is 42.5. The third kappa shape index (κ3) is 9.04. The molecule has 5 heterocycles. The van der Waals surface area contributed by atoms with Gasteiger partial charge in [0.15, 0.2) is 0 Å². The number of aromatic nitrogens is 2. The highest BCUT2D eigenvalue weighted by Crippen LogP contribution is 2.33. The fourth-order valence-electron chi connectivity index (χ4n) is 8.59. The molecule has 3 aliphatic rings. The van der Waals surface area contributed by atoms with Crippen molar-refractivity contribution in [1.82, 2.24) is 35.3 Å². The summed E-state index contributed by atoms with van der Waals surface area (Å²) in [5.41, 5.74) is 5.37. The number of imide groups is 2. The van der Waals surface area contributed by atoms with Crippen molar-refractivity contribution in [3.05, 3.63) is 98.1 Å². The second-order valence-electron chi connectivity index (χ2n) is 15.8. The molecule has 0 bridgehead atoms. The lowest BCUT2D eigenvalue weighted by Crippen LogP contribution is -2.54. The number of ether oxygens (including phenoxy) is 1. The second-order valence-corrected chi connectivity index (χ2v) is 15.8. The van der Waals surface area contributed by atoms with Crippen molar-refractivity contribution in [2.24, 2.45) is 5.92 Å². The summed E-state index contributed by atoms with van der Waals surface area (Å²) >= 11 is 0. The minimum absolute atomic E-state index is 0.0485. The van der Waals surface area contributed by atoms with E-state index in [1.807, 2.05) is 45.0 Å². The number of anilines is 1. The van der Waals surface area contributed by atoms with E-state index in [2.05, 4.69) is 41.8 Å². The molecule has 7 rings (SSSR count). The Bertz CT molecular complexity index is 2390. The van der Waals surface area contributed by atoms with Crippen molar-refractivity contribution < 1.29 is 33.5 Å². The van der Waals surface area contributed by atoms with Gasteiger partial charge in [0, 0.05) is 79.1 Å². The number of carbonyl (C=O) groups is 6. The fraction of sp³-hybridized carbons (Fsp3) is 0.432. The minimum Gasteiger partial charge on any atom is -0.382 e. The molecule has 3 aliphatic heterocycles. The van der Waals surface area contributed by atoms with Gasteiger partial charge in [0.25, 0.3) is 23.3 Å². The van der Waals surface area contributed by atoms with E-state index in [-0.39, 0.29) is 67.5 Å². The van der Waals surface area contributed by atoms with Crippen LogP contribution in [-0.2, 0) is 32.2 Å². The summed E-state index contributed by atoms with van der Waals surface area (Å²) in [7, 11) is 0.